The van der Waals surface area contributed by atoms with E-state index in [0.717, 1.165) is 18.4 Å². The van der Waals surface area contributed by atoms with Crippen LogP contribution in [0.25, 0.3) is 0 Å². The van der Waals surface area contributed by atoms with Crippen molar-refractivity contribution in [2.75, 3.05) is 13.2 Å². The Kier molecular flexibility index (Phi) is 4.28. The van der Waals surface area contributed by atoms with Gasteiger partial charge in [0.15, 0.2) is 0 Å². The molecule has 0 amide bonds. The van der Waals surface area contributed by atoms with E-state index in [-0.39, 0.29) is 19.2 Å². The summed E-state index contributed by atoms with van der Waals surface area (Å²) in [6.45, 7) is 4.12. The molecule has 1 aromatic carbocycles. The normalized spacial score (nSPS) is 16.3. The predicted octanol–water partition coefficient (Wildman–Crippen LogP) is 1.96. The zero-order valence-electron chi connectivity index (χ0n) is 11.4. The quantitative estimate of drug-likeness (QED) is 0.868. The highest BCUT2D eigenvalue weighted by molar-refractivity contribution is 7.89. The SMILES string of the molecule is CC(C)c1cccc(S(=O)(=O)N(CCO)C2CC2)c1. The van der Waals surface area contributed by atoms with Gasteiger partial charge < -0.3 is 5.11 Å². The van der Waals surface area contributed by atoms with Crippen molar-refractivity contribution in [2.45, 2.75) is 43.5 Å². The van der Waals surface area contributed by atoms with Crippen LogP contribution in [0.4, 0.5) is 0 Å². The van der Waals surface area contributed by atoms with E-state index in [9.17, 15) is 8.42 Å². The average molecular weight is 283 g/mol. The van der Waals surface area contributed by atoms with E-state index in [1.54, 1.807) is 18.2 Å². The molecule has 1 aliphatic carbocycles. The predicted molar refractivity (Wildman–Crippen MR) is 74.5 cm³/mol. The molecule has 1 aromatic rings. The molecule has 0 aromatic heterocycles. The average Bonchev–Trinajstić information content (AvgIpc) is 3.20. The minimum atomic E-state index is -3.48. The molecule has 1 fully saturated rings. The van der Waals surface area contributed by atoms with E-state index < -0.39 is 10.0 Å². The topological polar surface area (TPSA) is 57.6 Å². The van der Waals surface area contributed by atoms with Crippen LogP contribution in [-0.4, -0.2) is 37.0 Å². The molecule has 106 valence electrons. The highest BCUT2D eigenvalue weighted by Crippen LogP contribution is 2.32. The van der Waals surface area contributed by atoms with Crippen LogP contribution >= 0.6 is 0 Å². The van der Waals surface area contributed by atoms with Gasteiger partial charge in [0, 0.05) is 12.6 Å². The maximum atomic E-state index is 12.6. The zero-order valence-corrected chi connectivity index (χ0v) is 12.2. The molecule has 1 N–H and O–H groups in total. The Morgan fingerprint density at radius 2 is 2.05 bits per heavy atom. The van der Waals surface area contributed by atoms with E-state index in [1.807, 2.05) is 19.9 Å². The number of aliphatic hydroxyl groups excluding tert-OH is 1. The molecule has 19 heavy (non-hydrogen) atoms. The minimum absolute atomic E-state index is 0.0693. The maximum Gasteiger partial charge on any atom is 0.243 e. The number of aliphatic hydroxyl groups is 1. The first-order chi connectivity index (χ1) is 8.96. The molecule has 0 saturated heterocycles. The Morgan fingerprint density at radius 3 is 2.58 bits per heavy atom. The number of benzene rings is 1. The van der Waals surface area contributed by atoms with Crippen LogP contribution in [0.2, 0.25) is 0 Å². The van der Waals surface area contributed by atoms with Gasteiger partial charge in [0.25, 0.3) is 0 Å². The largest absolute Gasteiger partial charge is 0.395 e. The van der Waals surface area contributed by atoms with Crippen molar-refractivity contribution in [2.24, 2.45) is 0 Å². The third kappa shape index (κ3) is 3.16. The lowest BCUT2D eigenvalue weighted by atomic mass is 10.0. The lowest BCUT2D eigenvalue weighted by Crippen LogP contribution is -2.35. The Balaban J connectivity index is 2.34. The Morgan fingerprint density at radius 1 is 1.37 bits per heavy atom. The van der Waals surface area contributed by atoms with E-state index in [4.69, 9.17) is 5.11 Å². The first kappa shape index (κ1) is 14.5. The van der Waals surface area contributed by atoms with Crippen molar-refractivity contribution < 1.29 is 13.5 Å². The molecule has 0 aliphatic heterocycles. The van der Waals surface area contributed by atoms with Crippen molar-refractivity contribution in [1.29, 1.82) is 0 Å². The van der Waals surface area contributed by atoms with E-state index in [2.05, 4.69) is 0 Å². The van der Waals surface area contributed by atoms with Gasteiger partial charge in [0.1, 0.15) is 0 Å². The highest BCUT2D eigenvalue weighted by atomic mass is 32.2. The van der Waals surface area contributed by atoms with Gasteiger partial charge in [-0.05, 0) is 36.5 Å². The van der Waals surface area contributed by atoms with Crippen LogP contribution in [0, 0.1) is 0 Å². The van der Waals surface area contributed by atoms with Crippen LogP contribution in [0.5, 0.6) is 0 Å². The molecule has 0 radical (unpaired) electrons. The molecule has 2 rings (SSSR count). The molecule has 0 spiro atoms. The molecule has 4 nitrogen and oxygen atoms in total. The maximum absolute atomic E-state index is 12.6. The summed E-state index contributed by atoms with van der Waals surface area (Å²) in [6, 6.07) is 7.17. The fourth-order valence-electron chi connectivity index (χ4n) is 2.13. The summed E-state index contributed by atoms with van der Waals surface area (Å²) in [5.41, 5.74) is 1.01. The van der Waals surface area contributed by atoms with Gasteiger partial charge in [-0.25, -0.2) is 8.42 Å². The molecule has 1 saturated carbocycles. The first-order valence-electron chi connectivity index (χ1n) is 6.69. The Hall–Kier alpha value is -0.910. The van der Waals surface area contributed by atoms with Gasteiger partial charge in [0.05, 0.1) is 11.5 Å². The van der Waals surface area contributed by atoms with Crippen molar-refractivity contribution in [1.82, 2.24) is 4.31 Å². The molecule has 5 heteroatoms. The van der Waals surface area contributed by atoms with Crippen molar-refractivity contribution >= 4 is 10.0 Å². The smallest absolute Gasteiger partial charge is 0.243 e. The van der Waals surface area contributed by atoms with Gasteiger partial charge in [-0.2, -0.15) is 4.31 Å². The number of hydrogen-bond acceptors (Lipinski definition) is 3. The second kappa shape index (κ2) is 5.61. The number of hydrogen-bond donors (Lipinski definition) is 1. The summed E-state index contributed by atoms with van der Waals surface area (Å²) in [4.78, 5) is 0.332. The molecule has 0 heterocycles. The van der Waals surface area contributed by atoms with Gasteiger partial charge in [0.2, 0.25) is 10.0 Å². The Bertz CT molecular complexity index is 535. The zero-order chi connectivity index (χ0) is 14.0. The monoisotopic (exact) mass is 283 g/mol. The second-order valence-electron chi connectivity index (χ2n) is 5.30. The first-order valence-corrected chi connectivity index (χ1v) is 8.13. The van der Waals surface area contributed by atoms with Crippen LogP contribution in [-0.2, 0) is 10.0 Å². The Labute approximate surface area is 115 Å². The van der Waals surface area contributed by atoms with Crippen LogP contribution < -0.4 is 0 Å². The number of nitrogens with zero attached hydrogens (tertiary/aromatic N) is 1. The molecule has 0 unspecified atom stereocenters. The summed E-state index contributed by atoms with van der Waals surface area (Å²) in [5.74, 6) is 0.294. The molecule has 1 aliphatic rings. The lowest BCUT2D eigenvalue weighted by molar-refractivity contribution is 0.250. The summed E-state index contributed by atoms with van der Waals surface area (Å²) in [6.07, 6.45) is 1.78. The molecular formula is C14H21NO3S. The van der Waals surface area contributed by atoms with Crippen LogP contribution in [0.1, 0.15) is 38.2 Å². The molecule has 0 atom stereocenters. The van der Waals surface area contributed by atoms with E-state index >= 15 is 0 Å². The van der Waals surface area contributed by atoms with Crippen LogP contribution in [0.3, 0.4) is 0 Å². The summed E-state index contributed by atoms with van der Waals surface area (Å²) in [7, 11) is -3.48. The van der Waals surface area contributed by atoms with E-state index in [0.29, 0.717) is 10.8 Å². The minimum Gasteiger partial charge on any atom is -0.395 e. The summed E-state index contributed by atoms with van der Waals surface area (Å²) in [5, 5.41) is 9.06. The van der Waals surface area contributed by atoms with Gasteiger partial charge >= 0.3 is 0 Å². The number of sulfonamides is 1. The summed E-state index contributed by atoms with van der Waals surface area (Å²) < 4.78 is 26.6. The standard InChI is InChI=1S/C14H21NO3S/c1-11(2)12-4-3-5-14(10-12)19(17,18)15(8-9-16)13-6-7-13/h3-5,10-11,13,16H,6-9H2,1-2H3. The summed E-state index contributed by atoms with van der Waals surface area (Å²) >= 11 is 0. The van der Waals surface area contributed by atoms with Gasteiger partial charge in [-0.15, -0.1) is 0 Å². The number of rotatable bonds is 6. The van der Waals surface area contributed by atoms with Crippen molar-refractivity contribution in [3.8, 4) is 0 Å². The fraction of sp³-hybridized carbons (Fsp3) is 0.571. The lowest BCUT2D eigenvalue weighted by Gasteiger charge is -2.21. The molecular weight excluding hydrogens is 262 g/mol. The second-order valence-corrected chi connectivity index (χ2v) is 7.19. The van der Waals surface area contributed by atoms with Crippen molar-refractivity contribution in [3.05, 3.63) is 29.8 Å². The highest BCUT2D eigenvalue weighted by Gasteiger charge is 2.37. The van der Waals surface area contributed by atoms with Gasteiger partial charge in [-0.1, -0.05) is 26.0 Å². The molecule has 0 bridgehead atoms. The fourth-order valence-corrected chi connectivity index (χ4v) is 3.86. The third-order valence-electron chi connectivity index (χ3n) is 3.41. The van der Waals surface area contributed by atoms with E-state index in [1.165, 1.54) is 4.31 Å². The van der Waals surface area contributed by atoms with Crippen molar-refractivity contribution in [3.63, 3.8) is 0 Å². The third-order valence-corrected chi connectivity index (χ3v) is 5.35. The van der Waals surface area contributed by atoms with Gasteiger partial charge in [-0.3, -0.25) is 0 Å². The van der Waals surface area contributed by atoms with Crippen LogP contribution in [0.15, 0.2) is 29.2 Å².